The van der Waals surface area contributed by atoms with E-state index in [-0.39, 0.29) is 0 Å². The highest BCUT2D eigenvalue weighted by Crippen LogP contribution is 2.41. The first-order valence-electron chi connectivity index (χ1n) is 21.8. The van der Waals surface area contributed by atoms with Crippen molar-refractivity contribution < 1.29 is 0 Å². The Balaban J connectivity index is 1.09. The molecule has 0 N–H and O–H groups in total. The number of aromatic nitrogens is 5. The average molecular weight is 804 g/mol. The van der Waals surface area contributed by atoms with Crippen LogP contribution in [0, 0.1) is 5.92 Å². The Labute approximate surface area is 361 Å². The minimum Gasteiger partial charge on any atom is -0.309 e. The number of rotatable bonds is 4. The van der Waals surface area contributed by atoms with E-state index in [9.17, 15) is 0 Å². The van der Waals surface area contributed by atoms with Crippen molar-refractivity contribution in [1.29, 1.82) is 0 Å². The van der Waals surface area contributed by atoms with Crippen LogP contribution in [0.3, 0.4) is 0 Å². The Morgan fingerprint density at radius 1 is 0.460 bits per heavy atom. The molecule has 0 spiro atoms. The third-order valence-corrected chi connectivity index (χ3v) is 13.6. The summed E-state index contributed by atoms with van der Waals surface area (Å²) in [5, 5.41) is 12.0. The van der Waals surface area contributed by atoms with Crippen LogP contribution >= 0.6 is 0 Å². The van der Waals surface area contributed by atoms with Gasteiger partial charge in [0.1, 0.15) is 0 Å². The zero-order valence-corrected chi connectivity index (χ0v) is 34.2. The molecule has 0 radical (unpaired) electrons. The maximum Gasteiger partial charge on any atom is 0.235 e. The quantitative estimate of drug-likeness (QED) is 0.178. The van der Waals surface area contributed by atoms with Crippen LogP contribution in [0.2, 0.25) is 0 Å². The monoisotopic (exact) mass is 803 g/mol. The third-order valence-electron chi connectivity index (χ3n) is 13.6. The van der Waals surface area contributed by atoms with Gasteiger partial charge in [0.2, 0.25) is 5.95 Å². The molecule has 63 heavy (non-hydrogen) atoms. The van der Waals surface area contributed by atoms with Gasteiger partial charge in [0.05, 0.1) is 44.1 Å². The van der Waals surface area contributed by atoms with E-state index in [0.717, 1.165) is 61.9 Å². The Kier molecular flexibility index (Phi) is 7.17. The fraction of sp³-hybridized carbons (Fsp3) is 0.0345. The van der Waals surface area contributed by atoms with Crippen molar-refractivity contribution in [2.24, 2.45) is 5.92 Å². The van der Waals surface area contributed by atoms with Gasteiger partial charge in [-0.1, -0.05) is 152 Å². The molecule has 0 saturated carbocycles. The Morgan fingerprint density at radius 3 is 2.02 bits per heavy atom. The zero-order valence-electron chi connectivity index (χ0n) is 34.2. The predicted octanol–water partition coefficient (Wildman–Crippen LogP) is 12.7. The summed E-state index contributed by atoms with van der Waals surface area (Å²) < 4.78 is 7.16. The summed E-state index contributed by atoms with van der Waals surface area (Å²) in [6.07, 6.45) is 12.3. The molecule has 1 unspecified atom stereocenters. The second kappa shape index (κ2) is 13.1. The largest absolute Gasteiger partial charge is 0.309 e. The Morgan fingerprint density at radius 2 is 1.16 bits per heavy atom. The molecule has 0 fully saturated rings. The van der Waals surface area contributed by atoms with Gasteiger partial charge in [-0.25, -0.2) is 9.97 Å². The van der Waals surface area contributed by atoms with Gasteiger partial charge in [-0.3, -0.25) is 4.57 Å². The topological polar surface area (TPSA) is 40.6 Å². The highest BCUT2D eigenvalue weighted by Gasteiger charge is 2.25. The Hall–Kier alpha value is -8.28. The van der Waals surface area contributed by atoms with Crippen LogP contribution in [-0.4, -0.2) is 23.7 Å². The van der Waals surface area contributed by atoms with Gasteiger partial charge in [0.15, 0.2) is 0 Å². The first-order chi connectivity index (χ1) is 31.3. The van der Waals surface area contributed by atoms with Crippen molar-refractivity contribution in [1.82, 2.24) is 23.7 Å². The molecule has 2 aliphatic rings. The molecule has 8 aromatic carbocycles. The van der Waals surface area contributed by atoms with E-state index in [1.807, 2.05) is 0 Å². The summed E-state index contributed by atoms with van der Waals surface area (Å²) in [7, 11) is 0. The maximum absolute atomic E-state index is 5.72. The van der Waals surface area contributed by atoms with E-state index in [2.05, 4.69) is 220 Å². The third kappa shape index (κ3) is 4.87. The van der Waals surface area contributed by atoms with Crippen LogP contribution in [0.25, 0.3) is 116 Å². The molecule has 0 saturated heterocycles. The standard InChI is InChI=1S/C58H37N5/c1-2-17-38(18-3-1)61-48-26-12-10-23-44(48)56-46(24-14-28-50(56)61)57-42-21-8-11-25-47(42)59-58(60-57)63-52-34-30-37-16-5-7-20-41(37)55(52)45-32-31-39(35-53(45)63)62-49-27-13-9-22-43(49)54-40-19-6-4-15-36(40)29-33-51(54)62/h1-29,31-35,37H,30H2. The number of fused-ring (bicyclic) bond motifs is 13. The van der Waals surface area contributed by atoms with Crippen LogP contribution in [0.4, 0.5) is 0 Å². The van der Waals surface area contributed by atoms with Gasteiger partial charge in [-0.05, 0) is 77.4 Å². The highest BCUT2D eigenvalue weighted by atomic mass is 15.2. The number of para-hydroxylation sites is 4. The van der Waals surface area contributed by atoms with Gasteiger partial charge in [-0.15, -0.1) is 0 Å². The minimum atomic E-state index is 0.319. The minimum absolute atomic E-state index is 0.319. The van der Waals surface area contributed by atoms with Gasteiger partial charge in [0.25, 0.3) is 0 Å². The number of hydrogen-bond donors (Lipinski definition) is 0. The SMILES string of the molecule is C1=CC2=c3c(n(-c4nc(-c5cccc6c5c5ccccc5n6-c5ccccc5)c5ccccc5n4)c4cc(-n5c6ccccc6c6c7ccccc7ccc65)ccc34)=CCC2C=C1. The molecule has 0 bridgehead atoms. The molecular formula is C58H37N5. The molecule has 4 heterocycles. The molecule has 0 amide bonds. The van der Waals surface area contributed by atoms with Crippen LogP contribution in [0.1, 0.15) is 6.42 Å². The van der Waals surface area contributed by atoms with Gasteiger partial charge in [-0.2, -0.15) is 0 Å². The maximum atomic E-state index is 5.72. The predicted molar refractivity (Wildman–Crippen MR) is 262 cm³/mol. The van der Waals surface area contributed by atoms with Gasteiger partial charge < -0.3 is 9.13 Å². The lowest BCUT2D eigenvalue weighted by molar-refractivity contribution is 0.846. The van der Waals surface area contributed by atoms with Crippen molar-refractivity contribution in [2.45, 2.75) is 6.42 Å². The molecule has 2 aliphatic carbocycles. The fourth-order valence-electron chi connectivity index (χ4n) is 10.9. The molecule has 14 rings (SSSR count). The first kappa shape index (κ1) is 34.4. The molecule has 4 aromatic heterocycles. The van der Waals surface area contributed by atoms with E-state index < -0.39 is 0 Å². The number of hydrogen-bond acceptors (Lipinski definition) is 2. The van der Waals surface area contributed by atoms with Crippen LogP contribution in [0.5, 0.6) is 0 Å². The van der Waals surface area contributed by atoms with Crippen LogP contribution < -0.4 is 10.6 Å². The first-order valence-corrected chi connectivity index (χ1v) is 21.8. The van der Waals surface area contributed by atoms with Crippen molar-refractivity contribution >= 4 is 87.8 Å². The molecule has 5 heteroatoms. The number of allylic oxidation sites excluding steroid dienone is 4. The second-order valence-electron chi connectivity index (χ2n) is 16.9. The lowest BCUT2D eigenvalue weighted by atomic mass is 9.87. The average Bonchev–Trinajstić information content (AvgIpc) is 4.00. The zero-order chi connectivity index (χ0) is 41.2. The second-order valence-corrected chi connectivity index (χ2v) is 16.9. The number of benzene rings is 8. The van der Waals surface area contributed by atoms with E-state index in [1.54, 1.807) is 0 Å². The highest BCUT2D eigenvalue weighted by molar-refractivity contribution is 6.21. The summed E-state index contributed by atoms with van der Waals surface area (Å²) in [5.74, 6) is 0.981. The van der Waals surface area contributed by atoms with Crippen LogP contribution in [0.15, 0.2) is 200 Å². The lowest BCUT2D eigenvalue weighted by Gasteiger charge is -2.18. The number of nitrogens with zero attached hydrogens (tertiary/aromatic N) is 5. The van der Waals surface area contributed by atoms with Crippen LogP contribution in [-0.2, 0) is 0 Å². The molecule has 12 aromatic rings. The Bertz CT molecular complexity index is 4120. The van der Waals surface area contributed by atoms with Gasteiger partial charge >= 0.3 is 0 Å². The fourth-order valence-corrected chi connectivity index (χ4v) is 10.9. The molecule has 0 aliphatic heterocycles. The molecule has 294 valence electrons. The smallest absolute Gasteiger partial charge is 0.235 e. The summed E-state index contributed by atoms with van der Waals surface area (Å²) in [6, 6.07) is 63.6. The summed E-state index contributed by atoms with van der Waals surface area (Å²) >= 11 is 0. The summed E-state index contributed by atoms with van der Waals surface area (Å²) in [5.41, 5.74) is 12.2. The van der Waals surface area contributed by atoms with E-state index in [4.69, 9.17) is 9.97 Å². The molecule has 1 atom stereocenters. The van der Waals surface area contributed by atoms with Crippen molar-refractivity contribution in [2.75, 3.05) is 0 Å². The van der Waals surface area contributed by atoms with E-state index >= 15 is 0 Å². The lowest BCUT2D eigenvalue weighted by Crippen LogP contribution is -2.35. The molecule has 5 nitrogen and oxygen atoms in total. The summed E-state index contributed by atoms with van der Waals surface area (Å²) in [4.78, 5) is 11.2. The van der Waals surface area contributed by atoms with E-state index in [1.165, 1.54) is 59.5 Å². The van der Waals surface area contributed by atoms with Gasteiger partial charge in [0, 0.05) is 60.4 Å². The normalized spacial score (nSPS) is 14.7. The van der Waals surface area contributed by atoms with Crippen molar-refractivity contribution in [3.05, 3.63) is 211 Å². The summed E-state index contributed by atoms with van der Waals surface area (Å²) in [6.45, 7) is 0. The molecular weight excluding hydrogens is 767 g/mol. The van der Waals surface area contributed by atoms with Crippen molar-refractivity contribution in [3.8, 4) is 28.6 Å². The van der Waals surface area contributed by atoms with Crippen molar-refractivity contribution in [3.63, 3.8) is 0 Å². The van der Waals surface area contributed by atoms with E-state index in [0.29, 0.717) is 11.9 Å².